The molecule has 1 aliphatic heterocycles. The number of hydrogen-bond acceptors (Lipinski definition) is 3. The molecule has 1 amide bonds. The van der Waals surface area contributed by atoms with Crippen LogP contribution in [0, 0.1) is 0 Å². The zero-order chi connectivity index (χ0) is 19.2. The van der Waals surface area contributed by atoms with Gasteiger partial charge in [-0.25, -0.2) is 0 Å². The minimum atomic E-state index is -0.226. The second-order valence-corrected chi connectivity index (χ2v) is 7.08. The van der Waals surface area contributed by atoms with E-state index in [-0.39, 0.29) is 11.9 Å². The molecule has 1 unspecified atom stereocenters. The van der Waals surface area contributed by atoms with E-state index >= 15 is 0 Å². The van der Waals surface area contributed by atoms with Crippen molar-refractivity contribution in [2.75, 3.05) is 34.4 Å². The quantitative estimate of drug-likeness (QED) is 0.813. The van der Waals surface area contributed by atoms with Crippen LogP contribution in [-0.4, -0.2) is 45.2 Å². The second-order valence-electron chi connectivity index (χ2n) is 7.08. The lowest BCUT2D eigenvalue weighted by Crippen LogP contribution is -3.09. The summed E-state index contributed by atoms with van der Waals surface area (Å²) in [6, 6.07) is 15.7. The van der Waals surface area contributed by atoms with Crippen molar-refractivity contribution in [2.45, 2.75) is 25.4 Å². The van der Waals surface area contributed by atoms with Gasteiger partial charge in [-0.05, 0) is 25.0 Å². The molecule has 144 valence electrons. The number of benzene rings is 2. The van der Waals surface area contributed by atoms with E-state index in [4.69, 9.17) is 9.47 Å². The maximum Gasteiger partial charge on any atom is 0.285 e. The van der Waals surface area contributed by atoms with Crippen molar-refractivity contribution in [3.8, 4) is 11.5 Å². The Morgan fingerprint density at radius 2 is 1.78 bits per heavy atom. The third kappa shape index (κ3) is 4.42. The zero-order valence-corrected chi connectivity index (χ0v) is 16.4. The molecule has 1 heterocycles. The van der Waals surface area contributed by atoms with E-state index < -0.39 is 0 Å². The van der Waals surface area contributed by atoms with Crippen molar-refractivity contribution < 1.29 is 19.2 Å². The molecule has 27 heavy (non-hydrogen) atoms. The number of quaternary nitrogens is 1. The fraction of sp³-hybridized carbons (Fsp3) is 0.409. The molecule has 0 aliphatic carbocycles. The summed E-state index contributed by atoms with van der Waals surface area (Å²) >= 11 is 0. The van der Waals surface area contributed by atoms with Crippen LogP contribution >= 0.6 is 0 Å². The molecule has 2 atom stereocenters. The van der Waals surface area contributed by atoms with Crippen molar-refractivity contribution in [1.82, 2.24) is 4.90 Å². The largest absolute Gasteiger partial charge is 0.497 e. The summed E-state index contributed by atoms with van der Waals surface area (Å²) in [5.41, 5.74) is 2.12. The number of hydrogen-bond donors (Lipinski definition) is 1. The number of rotatable bonds is 7. The maximum atomic E-state index is 13.3. The molecule has 0 spiro atoms. The number of nitrogens with one attached hydrogen (secondary N) is 1. The molecule has 0 saturated carbocycles. The predicted molar refractivity (Wildman–Crippen MR) is 105 cm³/mol. The molecule has 1 fully saturated rings. The van der Waals surface area contributed by atoms with Crippen LogP contribution in [0.5, 0.6) is 11.5 Å². The molecule has 3 rings (SSSR count). The predicted octanol–water partition coefficient (Wildman–Crippen LogP) is 2.08. The first-order valence-electron chi connectivity index (χ1n) is 9.51. The van der Waals surface area contributed by atoms with Gasteiger partial charge < -0.3 is 19.3 Å². The Morgan fingerprint density at radius 1 is 1.07 bits per heavy atom. The van der Waals surface area contributed by atoms with Crippen LogP contribution in [-0.2, 0) is 11.3 Å². The van der Waals surface area contributed by atoms with E-state index in [1.807, 2.05) is 53.4 Å². The van der Waals surface area contributed by atoms with E-state index in [9.17, 15) is 4.79 Å². The topological polar surface area (TPSA) is 43.2 Å². The van der Waals surface area contributed by atoms with Gasteiger partial charge in [0.25, 0.3) is 5.91 Å². The minimum absolute atomic E-state index is 0.212. The van der Waals surface area contributed by atoms with E-state index in [2.05, 4.69) is 7.05 Å². The van der Waals surface area contributed by atoms with Gasteiger partial charge >= 0.3 is 0 Å². The zero-order valence-electron chi connectivity index (χ0n) is 16.4. The number of likely N-dealkylation sites (N-methyl/N-ethyl adjacent to an activating group) is 1. The summed E-state index contributed by atoms with van der Waals surface area (Å²) in [4.78, 5) is 16.4. The van der Waals surface area contributed by atoms with Crippen LogP contribution in [0.25, 0.3) is 0 Å². The van der Waals surface area contributed by atoms with Crippen LogP contribution in [0.2, 0.25) is 0 Å². The van der Waals surface area contributed by atoms with Gasteiger partial charge in [-0.2, -0.15) is 0 Å². The smallest absolute Gasteiger partial charge is 0.285 e. The highest BCUT2D eigenvalue weighted by molar-refractivity contribution is 5.82. The Labute approximate surface area is 161 Å². The number of amides is 1. The van der Waals surface area contributed by atoms with Crippen molar-refractivity contribution in [3.05, 3.63) is 59.7 Å². The second kappa shape index (κ2) is 8.91. The van der Waals surface area contributed by atoms with Crippen molar-refractivity contribution >= 4 is 5.91 Å². The van der Waals surface area contributed by atoms with Gasteiger partial charge in [-0.1, -0.05) is 30.3 Å². The van der Waals surface area contributed by atoms with Gasteiger partial charge in [0.2, 0.25) is 0 Å². The Morgan fingerprint density at radius 3 is 2.41 bits per heavy atom. The third-order valence-corrected chi connectivity index (χ3v) is 5.25. The highest BCUT2D eigenvalue weighted by atomic mass is 16.5. The Hall–Kier alpha value is -2.53. The fourth-order valence-corrected chi connectivity index (χ4v) is 3.80. The molecule has 5 heteroatoms. The van der Waals surface area contributed by atoms with Crippen LogP contribution in [0.1, 0.15) is 30.0 Å². The number of carbonyl (C=O) groups excluding carboxylic acids is 1. The molecule has 1 aliphatic rings. The number of carbonyl (C=O) groups is 1. The van der Waals surface area contributed by atoms with Gasteiger partial charge in [-0.15, -0.1) is 0 Å². The molecular formula is C22H29N2O3+. The average molecular weight is 369 g/mol. The highest BCUT2D eigenvalue weighted by Gasteiger charge is 2.34. The first-order chi connectivity index (χ1) is 13.1. The minimum Gasteiger partial charge on any atom is -0.497 e. The number of methoxy groups -OCH3 is 2. The average Bonchev–Trinajstić information content (AvgIpc) is 3.24. The van der Waals surface area contributed by atoms with Crippen molar-refractivity contribution in [1.29, 1.82) is 0 Å². The summed E-state index contributed by atoms with van der Waals surface area (Å²) in [7, 11) is 5.39. The first kappa shape index (κ1) is 19.2. The van der Waals surface area contributed by atoms with Gasteiger partial charge in [0.05, 0.1) is 21.3 Å². The Kier molecular flexibility index (Phi) is 6.35. The maximum absolute atomic E-state index is 13.3. The van der Waals surface area contributed by atoms with Crippen molar-refractivity contribution in [3.63, 3.8) is 0 Å². The molecule has 0 radical (unpaired) electrons. The van der Waals surface area contributed by atoms with E-state index in [0.717, 1.165) is 53.5 Å². The highest BCUT2D eigenvalue weighted by Crippen LogP contribution is 2.24. The molecule has 0 aromatic heterocycles. The normalized spacial score (nSPS) is 16.0. The van der Waals surface area contributed by atoms with E-state index in [1.165, 1.54) is 0 Å². The van der Waals surface area contributed by atoms with Crippen LogP contribution in [0.15, 0.2) is 48.5 Å². The van der Waals surface area contributed by atoms with Gasteiger partial charge in [0.1, 0.15) is 18.0 Å². The summed E-state index contributed by atoms with van der Waals surface area (Å²) < 4.78 is 10.8. The monoisotopic (exact) mass is 369 g/mol. The lowest BCUT2D eigenvalue weighted by atomic mass is 10.0. The fourth-order valence-electron chi connectivity index (χ4n) is 3.80. The van der Waals surface area contributed by atoms with Gasteiger partial charge in [-0.3, -0.25) is 4.79 Å². The molecule has 1 saturated heterocycles. The molecule has 2 aromatic carbocycles. The Balaban J connectivity index is 1.87. The molecule has 1 N–H and O–H groups in total. The number of ether oxygens (including phenoxy) is 2. The Bertz CT molecular complexity index is 757. The van der Waals surface area contributed by atoms with Crippen molar-refractivity contribution in [2.24, 2.45) is 0 Å². The molecule has 0 bridgehead atoms. The van der Waals surface area contributed by atoms with E-state index in [1.54, 1.807) is 14.2 Å². The van der Waals surface area contributed by atoms with Crippen LogP contribution < -0.4 is 14.4 Å². The van der Waals surface area contributed by atoms with Gasteiger partial charge in [0, 0.05) is 30.3 Å². The van der Waals surface area contributed by atoms with E-state index in [0.29, 0.717) is 6.54 Å². The van der Waals surface area contributed by atoms with Crippen LogP contribution in [0.4, 0.5) is 0 Å². The lowest BCUT2D eigenvalue weighted by Gasteiger charge is -2.28. The molecule has 5 nitrogen and oxygen atoms in total. The third-order valence-electron chi connectivity index (χ3n) is 5.25. The van der Waals surface area contributed by atoms with Gasteiger partial charge in [0.15, 0.2) is 6.04 Å². The number of likely N-dealkylation sites (tertiary alicyclic amines) is 1. The number of nitrogens with zero attached hydrogens (tertiary/aromatic N) is 1. The first-order valence-corrected chi connectivity index (χ1v) is 9.51. The standard InChI is InChI=1S/C22H28N2O3/c1-23(16-18-11-12-19(26-2)15-20(18)27-3)21(17-9-5-4-6-10-17)22(25)24-13-7-8-14-24/h4-6,9-12,15,21H,7-8,13-14,16H2,1-3H3/p+1/t21-/m0/s1. The molecule has 2 aromatic rings. The summed E-state index contributed by atoms with van der Waals surface area (Å²) in [5.74, 6) is 1.76. The summed E-state index contributed by atoms with van der Waals surface area (Å²) in [5, 5.41) is 0. The lowest BCUT2D eigenvalue weighted by molar-refractivity contribution is -0.916. The summed E-state index contributed by atoms with van der Waals surface area (Å²) in [6.45, 7) is 2.41. The van der Waals surface area contributed by atoms with Crippen LogP contribution in [0.3, 0.4) is 0 Å². The SMILES string of the molecule is COc1ccc(C[NH+](C)[C@H](C(=O)N2CCCC2)c2ccccc2)c(OC)c1. The molecular weight excluding hydrogens is 340 g/mol. The summed E-state index contributed by atoms with van der Waals surface area (Å²) in [6.07, 6.45) is 2.19.